The van der Waals surface area contributed by atoms with Crippen LogP contribution in [0, 0.1) is 0 Å². The van der Waals surface area contributed by atoms with Crippen molar-refractivity contribution in [2.24, 2.45) is 0 Å². The number of thioether (sulfide) groups is 1. The molecule has 1 saturated carbocycles. The van der Waals surface area contributed by atoms with Gasteiger partial charge in [0.05, 0.1) is 0 Å². The highest BCUT2D eigenvalue weighted by Gasteiger charge is 2.23. The Labute approximate surface area is 156 Å². The van der Waals surface area contributed by atoms with Gasteiger partial charge in [0.25, 0.3) is 0 Å². The minimum absolute atomic E-state index is 0.551. The van der Waals surface area contributed by atoms with Crippen LogP contribution in [0.25, 0.3) is 0 Å². The lowest BCUT2D eigenvalue weighted by Crippen LogP contribution is -2.16. The van der Waals surface area contributed by atoms with Gasteiger partial charge in [0.2, 0.25) is 0 Å². The summed E-state index contributed by atoms with van der Waals surface area (Å²) >= 11 is 3.58. The number of nitrogens with zero attached hydrogens (tertiary/aromatic N) is 4. The first kappa shape index (κ1) is 16.8. The molecule has 0 spiro atoms. The first-order valence-corrected chi connectivity index (χ1v) is 10.7. The van der Waals surface area contributed by atoms with E-state index in [2.05, 4.69) is 43.3 Å². The van der Waals surface area contributed by atoms with Crippen molar-refractivity contribution >= 4 is 23.1 Å². The largest absolute Gasteiger partial charge is 0.303 e. The van der Waals surface area contributed by atoms with E-state index in [1.165, 1.54) is 42.5 Å². The van der Waals surface area contributed by atoms with Gasteiger partial charge < -0.3 is 4.57 Å². The molecule has 0 unspecified atom stereocenters. The molecule has 4 rings (SSSR count). The van der Waals surface area contributed by atoms with Crippen molar-refractivity contribution < 1.29 is 0 Å². The van der Waals surface area contributed by atoms with E-state index in [4.69, 9.17) is 0 Å². The monoisotopic (exact) mass is 370 g/mol. The van der Waals surface area contributed by atoms with Crippen LogP contribution in [0.5, 0.6) is 0 Å². The highest BCUT2D eigenvalue weighted by atomic mass is 32.2. The average Bonchev–Trinajstić information content (AvgIpc) is 3.32. The van der Waals surface area contributed by atoms with Gasteiger partial charge in [0.1, 0.15) is 5.82 Å². The quantitative estimate of drug-likeness (QED) is 0.565. The van der Waals surface area contributed by atoms with E-state index in [1.54, 1.807) is 23.1 Å². The molecule has 3 aromatic rings. The molecule has 1 aliphatic rings. The molecule has 0 aliphatic heterocycles. The zero-order valence-electron chi connectivity index (χ0n) is 14.2. The van der Waals surface area contributed by atoms with Gasteiger partial charge in [-0.1, -0.05) is 43.2 Å². The van der Waals surface area contributed by atoms with Gasteiger partial charge in [-0.25, -0.2) is 0 Å². The summed E-state index contributed by atoms with van der Waals surface area (Å²) in [6.45, 7) is 0. The first-order chi connectivity index (χ1) is 12.4. The van der Waals surface area contributed by atoms with Crippen molar-refractivity contribution in [3.8, 4) is 0 Å². The summed E-state index contributed by atoms with van der Waals surface area (Å²) in [5.74, 6) is 2.00. The SMILES string of the molecule is c1cncc(CSc2nnc(Cc3cccs3)n2C2CCCCC2)c1. The van der Waals surface area contributed by atoms with Gasteiger partial charge in [-0.3, -0.25) is 4.98 Å². The van der Waals surface area contributed by atoms with Crippen LogP contribution in [-0.2, 0) is 12.2 Å². The molecule has 3 heterocycles. The normalized spacial score (nSPS) is 15.5. The fourth-order valence-electron chi connectivity index (χ4n) is 3.43. The molecule has 1 fully saturated rings. The highest BCUT2D eigenvalue weighted by Crippen LogP contribution is 2.34. The molecule has 0 amide bonds. The molecular weight excluding hydrogens is 348 g/mol. The van der Waals surface area contributed by atoms with E-state index in [0.717, 1.165) is 23.2 Å². The van der Waals surface area contributed by atoms with Gasteiger partial charge in [-0.2, -0.15) is 0 Å². The standard InChI is InChI=1S/C19H22N4S2/c1-2-7-16(8-3-1)23-18(12-17-9-5-11-24-17)21-22-19(23)25-14-15-6-4-10-20-13-15/h4-6,9-11,13,16H,1-3,7-8,12,14H2. The highest BCUT2D eigenvalue weighted by molar-refractivity contribution is 7.98. The van der Waals surface area contributed by atoms with Crippen LogP contribution >= 0.6 is 23.1 Å². The number of pyridine rings is 1. The van der Waals surface area contributed by atoms with E-state index >= 15 is 0 Å². The van der Waals surface area contributed by atoms with Crippen molar-refractivity contribution in [3.63, 3.8) is 0 Å². The molecular formula is C19H22N4S2. The number of aromatic nitrogens is 4. The van der Waals surface area contributed by atoms with Crippen LogP contribution in [0.4, 0.5) is 0 Å². The van der Waals surface area contributed by atoms with Crippen molar-refractivity contribution in [2.45, 2.75) is 55.5 Å². The van der Waals surface area contributed by atoms with E-state index in [-0.39, 0.29) is 0 Å². The summed E-state index contributed by atoms with van der Waals surface area (Å²) in [6, 6.07) is 8.96. The fraction of sp³-hybridized carbons (Fsp3) is 0.421. The van der Waals surface area contributed by atoms with Crippen molar-refractivity contribution in [1.29, 1.82) is 0 Å². The van der Waals surface area contributed by atoms with Crippen molar-refractivity contribution in [3.05, 3.63) is 58.3 Å². The summed E-state index contributed by atoms with van der Waals surface area (Å²) < 4.78 is 2.43. The third kappa shape index (κ3) is 4.12. The molecule has 0 saturated heterocycles. The van der Waals surface area contributed by atoms with Crippen LogP contribution in [-0.4, -0.2) is 19.7 Å². The summed E-state index contributed by atoms with van der Waals surface area (Å²) in [5.41, 5.74) is 1.23. The molecule has 0 aromatic carbocycles. The lowest BCUT2D eigenvalue weighted by molar-refractivity contribution is 0.330. The van der Waals surface area contributed by atoms with Crippen LogP contribution < -0.4 is 0 Å². The molecule has 25 heavy (non-hydrogen) atoms. The minimum atomic E-state index is 0.551. The first-order valence-electron chi connectivity index (χ1n) is 8.88. The molecule has 4 nitrogen and oxygen atoms in total. The second kappa shape index (κ2) is 8.15. The maximum absolute atomic E-state index is 4.56. The van der Waals surface area contributed by atoms with E-state index in [0.29, 0.717) is 6.04 Å². The van der Waals surface area contributed by atoms with Crippen LogP contribution in [0.1, 0.15) is 54.4 Å². The van der Waals surface area contributed by atoms with Crippen LogP contribution in [0.15, 0.2) is 47.2 Å². The summed E-state index contributed by atoms with van der Waals surface area (Å²) in [4.78, 5) is 5.56. The maximum Gasteiger partial charge on any atom is 0.191 e. The maximum atomic E-state index is 4.56. The van der Waals surface area contributed by atoms with Gasteiger partial charge >= 0.3 is 0 Å². The fourth-order valence-corrected chi connectivity index (χ4v) is 5.09. The van der Waals surface area contributed by atoms with Gasteiger partial charge in [-0.05, 0) is 35.9 Å². The Hall–Kier alpha value is -1.66. The molecule has 0 N–H and O–H groups in total. The van der Waals surface area contributed by atoms with Crippen molar-refractivity contribution in [2.75, 3.05) is 0 Å². The number of rotatable bonds is 6. The Balaban J connectivity index is 1.57. The predicted molar refractivity (Wildman–Crippen MR) is 103 cm³/mol. The number of thiophene rings is 1. The lowest BCUT2D eigenvalue weighted by Gasteiger charge is -2.25. The average molecular weight is 371 g/mol. The Kier molecular flexibility index (Phi) is 5.47. The van der Waals surface area contributed by atoms with Crippen LogP contribution in [0.3, 0.4) is 0 Å². The van der Waals surface area contributed by atoms with Gasteiger partial charge in [0, 0.05) is 35.5 Å². The molecule has 0 bridgehead atoms. The van der Waals surface area contributed by atoms with E-state index in [9.17, 15) is 0 Å². The van der Waals surface area contributed by atoms with Gasteiger partial charge in [-0.15, -0.1) is 21.5 Å². The van der Waals surface area contributed by atoms with E-state index < -0.39 is 0 Å². The van der Waals surface area contributed by atoms with E-state index in [1.807, 2.05) is 18.5 Å². The molecule has 0 atom stereocenters. The summed E-state index contributed by atoms with van der Waals surface area (Å²) in [7, 11) is 0. The Morgan fingerprint density at radius 3 is 2.80 bits per heavy atom. The molecule has 3 aromatic heterocycles. The van der Waals surface area contributed by atoms with Gasteiger partial charge in [0.15, 0.2) is 5.16 Å². The smallest absolute Gasteiger partial charge is 0.191 e. The Morgan fingerprint density at radius 2 is 2.04 bits per heavy atom. The number of hydrogen-bond donors (Lipinski definition) is 0. The predicted octanol–water partition coefficient (Wildman–Crippen LogP) is 5.12. The van der Waals surface area contributed by atoms with Crippen LogP contribution in [0.2, 0.25) is 0 Å². The second-order valence-corrected chi connectivity index (χ2v) is 8.44. The molecule has 130 valence electrons. The molecule has 0 radical (unpaired) electrons. The third-order valence-corrected chi connectivity index (χ3v) is 6.57. The zero-order valence-corrected chi connectivity index (χ0v) is 15.8. The lowest BCUT2D eigenvalue weighted by atomic mass is 9.95. The third-order valence-electron chi connectivity index (χ3n) is 4.68. The topological polar surface area (TPSA) is 43.6 Å². The Bertz CT molecular complexity index is 777. The zero-order chi connectivity index (χ0) is 16.9. The number of hydrogen-bond acceptors (Lipinski definition) is 5. The Morgan fingerprint density at radius 1 is 1.12 bits per heavy atom. The summed E-state index contributed by atoms with van der Waals surface area (Å²) in [5, 5.41) is 12.3. The summed E-state index contributed by atoms with van der Waals surface area (Å²) in [6.07, 6.45) is 11.1. The second-order valence-electron chi connectivity index (χ2n) is 6.47. The van der Waals surface area contributed by atoms with Crippen molar-refractivity contribution in [1.82, 2.24) is 19.7 Å². The molecule has 6 heteroatoms. The molecule has 1 aliphatic carbocycles. The minimum Gasteiger partial charge on any atom is -0.303 e.